The molecule has 1 N–H and O–H groups in total. The molecule has 2 unspecified atom stereocenters. The number of hydrogen-bond donors (Lipinski definition) is 1. The fourth-order valence-electron chi connectivity index (χ4n) is 2.17. The Morgan fingerprint density at radius 2 is 2.27 bits per heavy atom. The van der Waals surface area contributed by atoms with Crippen LogP contribution in [-0.4, -0.2) is 23.9 Å². The number of ether oxygens (including phenoxy) is 1. The van der Waals surface area contributed by atoms with Gasteiger partial charge in [-0.2, -0.15) is 0 Å². The zero-order valence-corrected chi connectivity index (χ0v) is 9.87. The van der Waals surface area contributed by atoms with Crippen molar-refractivity contribution in [2.45, 2.75) is 46.6 Å². The predicted octanol–water partition coefficient (Wildman–Crippen LogP) is 2.23. The maximum absolute atomic E-state index is 11.6. The molecule has 0 aromatic carbocycles. The fourth-order valence-corrected chi connectivity index (χ4v) is 2.17. The van der Waals surface area contributed by atoms with E-state index in [1.54, 1.807) is 6.92 Å². The normalized spacial score (nSPS) is 29.0. The quantitative estimate of drug-likeness (QED) is 0.445. The molecule has 15 heavy (non-hydrogen) atoms. The first-order valence-electron chi connectivity index (χ1n) is 5.36. The van der Waals surface area contributed by atoms with E-state index in [2.05, 4.69) is 4.89 Å². The Kier molecular flexibility index (Phi) is 3.41. The van der Waals surface area contributed by atoms with Crippen molar-refractivity contribution in [3.05, 3.63) is 0 Å². The van der Waals surface area contributed by atoms with Crippen molar-refractivity contribution in [2.24, 2.45) is 10.8 Å². The maximum atomic E-state index is 11.6. The highest BCUT2D eigenvalue weighted by Gasteiger charge is 2.53. The van der Waals surface area contributed by atoms with Crippen LogP contribution >= 0.6 is 0 Å². The summed E-state index contributed by atoms with van der Waals surface area (Å²) in [4.78, 5) is 16.2. The second kappa shape index (κ2) is 4.10. The summed E-state index contributed by atoms with van der Waals surface area (Å²) in [6, 6.07) is 0. The highest BCUT2D eigenvalue weighted by molar-refractivity contribution is 5.79. The van der Waals surface area contributed by atoms with E-state index in [1.807, 2.05) is 20.8 Å². The number of cyclic esters (lactones) is 1. The lowest BCUT2D eigenvalue weighted by molar-refractivity contribution is -0.323. The third kappa shape index (κ3) is 2.01. The van der Waals surface area contributed by atoms with Crippen LogP contribution in [-0.2, 0) is 14.4 Å². The van der Waals surface area contributed by atoms with Crippen molar-refractivity contribution in [3.63, 3.8) is 0 Å². The molecule has 1 aliphatic rings. The van der Waals surface area contributed by atoms with Crippen molar-refractivity contribution in [3.8, 4) is 0 Å². The molecule has 1 aliphatic heterocycles. The van der Waals surface area contributed by atoms with Crippen LogP contribution in [0.1, 0.15) is 40.5 Å². The van der Waals surface area contributed by atoms with Crippen molar-refractivity contribution < 1.29 is 19.7 Å². The van der Waals surface area contributed by atoms with Crippen molar-refractivity contribution in [1.82, 2.24) is 0 Å². The van der Waals surface area contributed by atoms with Crippen molar-refractivity contribution in [1.29, 1.82) is 0 Å². The summed E-state index contributed by atoms with van der Waals surface area (Å²) >= 11 is 0. The lowest BCUT2D eigenvalue weighted by Crippen LogP contribution is -2.47. The first-order valence-corrected chi connectivity index (χ1v) is 5.36. The predicted molar refractivity (Wildman–Crippen MR) is 55.3 cm³/mol. The molecule has 0 bridgehead atoms. The summed E-state index contributed by atoms with van der Waals surface area (Å²) in [5.41, 5.74) is -0.985. The minimum atomic E-state index is -0.728. The Hall–Kier alpha value is -0.610. The average Bonchev–Trinajstić information content (AvgIpc) is 2.48. The molecule has 1 fully saturated rings. The van der Waals surface area contributed by atoms with Gasteiger partial charge in [-0.1, -0.05) is 20.8 Å². The summed E-state index contributed by atoms with van der Waals surface area (Å²) in [5.74, 6) is -0.275. The maximum Gasteiger partial charge on any atom is 0.314 e. The van der Waals surface area contributed by atoms with E-state index < -0.39 is 11.5 Å². The van der Waals surface area contributed by atoms with Crippen molar-refractivity contribution in [2.75, 3.05) is 6.61 Å². The molecule has 88 valence electrons. The molecule has 0 spiro atoms. The Morgan fingerprint density at radius 3 is 2.60 bits per heavy atom. The molecule has 0 aliphatic carbocycles. The molecule has 1 saturated heterocycles. The zero-order valence-electron chi connectivity index (χ0n) is 9.87. The van der Waals surface area contributed by atoms with Gasteiger partial charge in [0.15, 0.2) is 0 Å². The van der Waals surface area contributed by atoms with Crippen LogP contribution < -0.4 is 0 Å². The SMILES string of the molecule is CCC(C)(C)C(OO)C1(C)CCOC1=O. The molecule has 0 radical (unpaired) electrons. The van der Waals surface area contributed by atoms with Gasteiger partial charge in [0.05, 0.1) is 12.0 Å². The fraction of sp³-hybridized carbons (Fsp3) is 0.909. The molecule has 0 saturated carbocycles. The standard InChI is InChI=1S/C11H20O4/c1-5-10(2,3)8(15-13)11(4)6-7-14-9(11)12/h8,13H,5-7H2,1-4H3. The second-order valence-electron chi connectivity index (χ2n) is 5.13. The van der Waals surface area contributed by atoms with E-state index in [1.165, 1.54) is 0 Å². The first-order chi connectivity index (χ1) is 6.88. The summed E-state index contributed by atoms with van der Waals surface area (Å²) in [6.07, 6.45) is 0.895. The number of hydrogen-bond acceptors (Lipinski definition) is 4. The van der Waals surface area contributed by atoms with Crippen LogP contribution in [0.25, 0.3) is 0 Å². The lowest BCUT2D eigenvalue weighted by atomic mass is 9.69. The third-order valence-corrected chi connectivity index (χ3v) is 3.63. The zero-order chi connectivity index (χ0) is 11.7. The van der Waals surface area contributed by atoms with Gasteiger partial charge < -0.3 is 4.74 Å². The molecule has 0 aromatic heterocycles. The summed E-state index contributed by atoms with van der Waals surface area (Å²) in [5, 5.41) is 9.03. The Bertz CT molecular complexity index is 249. The molecule has 1 heterocycles. The highest BCUT2D eigenvalue weighted by Crippen LogP contribution is 2.44. The first kappa shape index (κ1) is 12.5. The monoisotopic (exact) mass is 216 g/mol. The highest BCUT2D eigenvalue weighted by atomic mass is 17.1. The van der Waals surface area contributed by atoms with Crippen LogP contribution in [0, 0.1) is 10.8 Å². The van der Waals surface area contributed by atoms with Gasteiger partial charge in [0.2, 0.25) is 0 Å². The van der Waals surface area contributed by atoms with E-state index in [9.17, 15) is 4.79 Å². The van der Waals surface area contributed by atoms with Gasteiger partial charge in [-0.05, 0) is 18.8 Å². The molecular weight excluding hydrogens is 196 g/mol. The summed E-state index contributed by atoms with van der Waals surface area (Å²) in [6.45, 7) is 8.17. The van der Waals surface area contributed by atoms with E-state index in [0.29, 0.717) is 13.0 Å². The topological polar surface area (TPSA) is 55.8 Å². The van der Waals surface area contributed by atoms with Crippen LogP contribution in [0.15, 0.2) is 0 Å². The lowest BCUT2D eigenvalue weighted by Gasteiger charge is -2.38. The Balaban J connectivity index is 2.96. The van der Waals surface area contributed by atoms with Gasteiger partial charge in [-0.25, -0.2) is 4.89 Å². The largest absolute Gasteiger partial charge is 0.465 e. The molecule has 4 nitrogen and oxygen atoms in total. The number of rotatable bonds is 4. The average molecular weight is 216 g/mol. The summed E-state index contributed by atoms with van der Waals surface area (Å²) in [7, 11) is 0. The van der Waals surface area contributed by atoms with E-state index in [0.717, 1.165) is 6.42 Å². The van der Waals surface area contributed by atoms with Crippen LogP contribution in [0.5, 0.6) is 0 Å². The number of carbonyl (C=O) groups is 1. The van der Waals surface area contributed by atoms with Crippen molar-refractivity contribution >= 4 is 5.97 Å². The minimum Gasteiger partial charge on any atom is -0.465 e. The molecular formula is C11H20O4. The second-order valence-corrected chi connectivity index (χ2v) is 5.13. The van der Waals surface area contributed by atoms with E-state index in [4.69, 9.17) is 9.99 Å². The number of carbonyl (C=O) groups excluding carboxylic acids is 1. The van der Waals surface area contributed by atoms with Gasteiger partial charge in [0.25, 0.3) is 0 Å². The van der Waals surface area contributed by atoms with Crippen LogP contribution in [0.2, 0.25) is 0 Å². The molecule has 2 atom stereocenters. The van der Waals surface area contributed by atoms with Gasteiger partial charge in [-0.3, -0.25) is 10.1 Å². The molecule has 0 aromatic rings. The van der Waals surface area contributed by atoms with Crippen LogP contribution in [0.4, 0.5) is 0 Å². The van der Waals surface area contributed by atoms with E-state index in [-0.39, 0.29) is 11.4 Å². The Labute approximate surface area is 90.5 Å². The van der Waals surface area contributed by atoms with Gasteiger partial charge >= 0.3 is 5.97 Å². The van der Waals surface area contributed by atoms with Gasteiger partial charge in [-0.15, -0.1) is 0 Å². The van der Waals surface area contributed by atoms with Crippen LogP contribution in [0.3, 0.4) is 0 Å². The van der Waals surface area contributed by atoms with Gasteiger partial charge in [0, 0.05) is 6.42 Å². The number of esters is 1. The molecule has 4 heteroatoms. The summed E-state index contributed by atoms with van der Waals surface area (Å²) < 4.78 is 4.96. The van der Waals surface area contributed by atoms with Gasteiger partial charge in [0.1, 0.15) is 6.10 Å². The molecule has 0 amide bonds. The smallest absolute Gasteiger partial charge is 0.314 e. The third-order valence-electron chi connectivity index (χ3n) is 3.63. The van der Waals surface area contributed by atoms with E-state index >= 15 is 0 Å². The minimum absolute atomic E-state index is 0.257. The molecule has 1 rings (SSSR count). The Morgan fingerprint density at radius 1 is 1.67 bits per heavy atom.